The maximum absolute atomic E-state index is 8.96. The molecule has 5 aliphatic rings. The lowest BCUT2D eigenvalue weighted by atomic mass is 9.72. The van der Waals surface area contributed by atoms with Crippen molar-refractivity contribution in [2.24, 2.45) is 5.92 Å². The summed E-state index contributed by atoms with van der Waals surface area (Å²) in [6, 6.07) is 35.8. The van der Waals surface area contributed by atoms with Crippen LogP contribution in [0.5, 0.6) is 0 Å². The zero-order valence-corrected chi connectivity index (χ0v) is 23.1. The van der Waals surface area contributed by atoms with Crippen molar-refractivity contribution in [3.63, 3.8) is 0 Å². The number of anilines is 1. The van der Waals surface area contributed by atoms with E-state index in [4.69, 9.17) is 9.83 Å². The van der Waals surface area contributed by atoms with Crippen molar-refractivity contribution in [3.8, 4) is 11.3 Å². The van der Waals surface area contributed by atoms with E-state index in [1.807, 2.05) is 18.2 Å². The highest BCUT2D eigenvalue weighted by Crippen LogP contribution is 2.58. The van der Waals surface area contributed by atoms with Gasteiger partial charge in [-0.15, -0.1) is 0 Å². The second kappa shape index (κ2) is 8.24. The third-order valence-corrected chi connectivity index (χ3v) is 9.59. The van der Waals surface area contributed by atoms with Crippen molar-refractivity contribution in [2.75, 3.05) is 5.43 Å². The summed E-state index contributed by atoms with van der Waals surface area (Å²) in [6.45, 7) is 0. The number of para-hydroxylation sites is 1. The fourth-order valence-electron chi connectivity index (χ4n) is 7.79. The van der Waals surface area contributed by atoms with Gasteiger partial charge in [0.05, 0.1) is 27.8 Å². The van der Waals surface area contributed by atoms with E-state index in [1.165, 1.54) is 33.2 Å². The third-order valence-electron chi connectivity index (χ3n) is 9.59. The molecule has 0 amide bonds. The smallest absolute Gasteiger partial charge is 0.139 e. The highest BCUT2D eigenvalue weighted by atomic mass is 16.3. The average molecular weight is 552 g/mol. The summed E-state index contributed by atoms with van der Waals surface area (Å²) < 4.78 is 8.69. The van der Waals surface area contributed by atoms with Gasteiger partial charge in [0.1, 0.15) is 11.3 Å². The Kier molecular flexibility index (Phi) is 4.41. The zero-order chi connectivity index (χ0) is 28.2. The Labute approximate surface area is 247 Å². The number of aromatic nitrogens is 1. The van der Waals surface area contributed by atoms with Gasteiger partial charge >= 0.3 is 0 Å². The van der Waals surface area contributed by atoms with Crippen molar-refractivity contribution in [1.82, 2.24) is 4.68 Å². The normalized spacial score (nSPS) is 18.0. The maximum Gasteiger partial charge on any atom is 0.139 e. The van der Waals surface area contributed by atoms with Crippen molar-refractivity contribution >= 4 is 55.6 Å². The van der Waals surface area contributed by atoms with Gasteiger partial charge in [0, 0.05) is 22.6 Å². The number of nitrogens with zero attached hydrogens (tertiary/aromatic N) is 1. The molecule has 5 aromatic rings. The van der Waals surface area contributed by atoms with Crippen LogP contribution in [-0.2, 0) is 0 Å². The van der Waals surface area contributed by atoms with Gasteiger partial charge in [-0.3, -0.25) is 10.1 Å². The Balaban J connectivity index is 1.29. The van der Waals surface area contributed by atoms with Crippen LogP contribution in [0.4, 0.5) is 5.69 Å². The molecule has 0 saturated carbocycles. The molecule has 1 aromatic heterocycles. The molecule has 0 saturated heterocycles. The van der Waals surface area contributed by atoms with Crippen molar-refractivity contribution in [3.05, 3.63) is 149 Å². The van der Waals surface area contributed by atoms with Gasteiger partial charge in [0.15, 0.2) is 0 Å². The largest absolute Gasteiger partial charge is 0.456 e. The van der Waals surface area contributed by atoms with Crippen molar-refractivity contribution < 1.29 is 4.42 Å². The molecule has 4 heteroatoms. The highest BCUT2D eigenvalue weighted by molar-refractivity contribution is 6.08. The van der Waals surface area contributed by atoms with E-state index >= 15 is 0 Å². The van der Waals surface area contributed by atoms with Crippen LogP contribution in [0.25, 0.3) is 61.2 Å². The summed E-state index contributed by atoms with van der Waals surface area (Å²) in [5.74, 6) is 1.25. The van der Waals surface area contributed by atoms with Gasteiger partial charge in [0.25, 0.3) is 0 Å². The van der Waals surface area contributed by atoms with Crippen LogP contribution in [0.2, 0.25) is 0 Å². The van der Waals surface area contributed by atoms with Crippen molar-refractivity contribution in [2.45, 2.75) is 5.92 Å². The minimum absolute atomic E-state index is 0.241. The minimum Gasteiger partial charge on any atom is -0.456 e. The van der Waals surface area contributed by atoms with Crippen LogP contribution in [0, 0.1) is 11.3 Å². The van der Waals surface area contributed by atoms with E-state index in [0.29, 0.717) is 17.0 Å². The van der Waals surface area contributed by atoms with Crippen LogP contribution in [0.3, 0.4) is 0 Å². The van der Waals surface area contributed by atoms with Crippen LogP contribution in [0.1, 0.15) is 28.3 Å². The summed E-state index contributed by atoms with van der Waals surface area (Å²) >= 11 is 0. The van der Waals surface area contributed by atoms with E-state index in [9.17, 15) is 0 Å². The molecule has 202 valence electrons. The molecule has 0 radical (unpaired) electrons. The quantitative estimate of drug-likeness (QED) is 0.210. The molecule has 0 spiro atoms. The number of hydrogen-bond donors (Lipinski definition) is 2. The van der Waals surface area contributed by atoms with Crippen molar-refractivity contribution in [1.29, 1.82) is 5.41 Å². The molecule has 4 nitrogen and oxygen atoms in total. The van der Waals surface area contributed by atoms with E-state index in [-0.39, 0.29) is 5.92 Å². The molecule has 2 heterocycles. The van der Waals surface area contributed by atoms with Crippen LogP contribution < -0.4 is 10.8 Å². The van der Waals surface area contributed by atoms with Gasteiger partial charge in [-0.1, -0.05) is 91.0 Å². The molecule has 10 rings (SSSR count). The average Bonchev–Trinajstić information content (AvgIpc) is 3.54. The number of rotatable bonds is 2. The molecule has 43 heavy (non-hydrogen) atoms. The van der Waals surface area contributed by atoms with Crippen LogP contribution in [-0.4, -0.2) is 4.68 Å². The highest BCUT2D eigenvalue weighted by Gasteiger charge is 2.43. The van der Waals surface area contributed by atoms with E-state index in [2.05, 4.69) is 119 Å². The molecule has 1 aliphatic heterocycles. The topological polar surface area (TPSA) is 54.0 Å². The molecule has 0 bridgehead atoms. The molecule has 0 fully saturated rings. The first-order chi connectivity index (χ1) is 21.2. The van der Waals surface area contributed by atoms with Crippen LogP contribution in [0.15, 0.2) is 126 Å². The lowest BCUT2D eigenvalue weighted by Gasteiger charge is -2.31. The second-order valence-corrected chi connectivity index (χ2v) is 11.8. The van der Waals surface area contributed by atoms with Gasteiger partial charge < -0.3 is 9.83 Å². The third kappa shape index (κ3) is 3.02. The Morgan fingerprint density at radius 2 is 1.51 bits per heavy atom. The first-order valence-electron chi connectivity index (χ1n) is 14.8. The molecular weight excluding hydrogens is 526 g/mol. The summed E-state index contributed by atoms with van der Waals surface area (Å²) in [6.07, 6.45) is 9.32. The van der Waals surface area contributed by atoms with E-state index in [0.717, 1.165) is 44.2 Å². The minimum atomic E-state index is 0.241. The fourth-order valence-corrected chi connectivity index (χ4v) is 7.79. The molecule has 4 aromatic carbocycles. The molecule has 2 atom stereocenters. The Bertz CT molecular complexity index is 2470. The van der Waals surface area contributed by atoms with Gasteiger partial charge in [-0.25, -0.2) is 0 Å². The summed E-state index contributed by atoms with van der Waals surface area (Å²) in [5, 5.41) is 13.8. The molecular formula is C39H25N3O. The van der Waals surface area contributed by atoms with Gasteiger partial charge in [-0.05, 0) is 75.0 Å². The Hall–Kier alpha value is -5.61. The first-order valence-corrected chi connectivity index (χ1v) is 14.8. The Morgan fingerprint density at radius 1 is 0.744 bits per heavy atom. The lowest BCUT2D eigenvalue weighted by molar-refractivity contribution is 0.618. The van der Waals surface area contributed by atoms with Gasteiger partial charge in [-0.2, -0.15) is 0 Å². The predicted molar refractivity (Wildman–Crippen MR) is 175 cm³/mol. The molecule has 2 N–H and O–H groups in total. The molecule has 2 unspecified atom stereocenters. The molecule has 4 aliphatic carbocycles. The van der Waals surface area contributed by atoms with E-state index in [1.54, 1.807) is 0 Å². The first kappa shape index (κ1) is 23.0. The predicted octanol–water partition coefficient (Wildman–Crippen LogP) is 9.22. The van der Waals surface area contributed by atoms with E-state index < -0.39 is 0 Å². The number of benzene rings is 5. The number of hydrogen-bond acceptors (Lipinski definition) is 3. The maximum atomic E-state index is 8.96. The summed E-state index contributed by atoms with van der Waals surface area (Å²) in [5.41, 5.74) is 15.4. The van der Waals surface area contributed by atoms with Crippen LogP contribution >= 0.6 is 0 Å². The Morgan fingerprint density at radius 3 is 2.40 bits per heavy atom. The lowest BCUT2D eigenvalue weighted by Crippen LogP contribution is -2.20. The number of fused-ring (bicyclic) bond motifs is 10. The van der Waals surface area contributed by atoms with Gasteiger partial charge in [0.2, 0.25) is 0 Å². The second-order valence-electron chi connectivity index (χ2n) is 11.8. The number of allylic oxidation sites excluding steroid dienone is 5. The standard InChI is InChI=1S/C39H25N3O/c40-31-16-8-18-34-38(31)39(30-19-22-9-1-2-10-23(22)20-35(30)43-34)41-42-32-17-6-5-13-27(32)37-28-15-7-14-26-24-11-3-4-12-25(24)29(36(26)28)21-33(37)42/h1-21,28,36,40-41H. The summed E-state index contributed by atoms with van der Waals surface area (Å²) in [7, 11) is 0. The fraction of sp³-hybridized carbons (Fsp3) is 0.0513. The SMILES string of the molecule is N=c1cccc2oc3cc4ccccc4cc3c(Nn3c4c(c5ccccc53)C3C=CC=C5c6ccccc6C(=C4)C53)c1-2. The monoisotopic (exact) mass is 551 g/mol. The number of nitrogens with one attached hydrogen (secondary N) is 2. The zero-order valence-electron chi connectivity index (χ0n) is 23.1. The summed E-state index contributed by atoms with van der Waals surface area (Å²) in [4.78, 5) is 0.